The zero-order chi connectivity index (χ0) is 10.5. The summed E-state index contributed by atoms with van der Waals surface area (Å²) in [5.74, 6) is 1.09. The summed E-state index contributed by atoms with van der Waals surface area (Å²) in [6.45, 7) is 4.08. The molecule has 1 fully saturated rings. The van der Waals surface area contributed by atoms with Crippen LogP contribution in [0.4, 0.5) is 0 Å². The van der Waals surface area contributed by atoms with Crippen molar-refractivity contribution >= 4 is 0 Å². The average Bonchev–Trinajstić information content (AvgIpc) is 2.87. The first-order valence-corrected chi connectivity index (χ1v) is 6.01. The minimum Gasteiger partial charge on any atom is -0.313 e. The molecule has 1 heterocycles. The molecule has 1 N–H and O–H groups in total. The molecule has 2 rings (SSSR count). The van der Waals surface area contributed by atoms with Crippen molar-refractivity contribution < 1.29 is 0 Å². The van der Waals surface area contributed by atoms with Crippen molar-refractivity contribution in [1.82, 2.24) is 20.1 Å². The van der Waals surface area contributed by atoms with Crippen molar-refractivity contribution in [3.05, 3.63) is 12.2 Å². The molecule has 0 bridgehead atoms. The minimum atomic E-state index is 0.651. The molecule has 84 valence electrons. The molecule has 1 saturated carbocycles. The molecular formula is C11H20N4. The molecule has 0 spiro atoms. The number of nitrogens with one attached hydrogen (secondary N) is 1. The van der Waals surface area contributed by atoms with Gasteiger partial charge in [-0.05, 0) is 25.8 Å². The Bertz CT molecular complexity index is 289. The van der Waals surface area contributed by atoms with Crippen LogP contribution in [0.25, 0.3) is 0 Å². The number of hydrogen-bond donors (Lipinski definition) is 1. The number of nitrogens with zero attached hydrogens (tertiary/aromatic N) is 3. The SMILES string of the molecule is CCCNCc1nncn1C1CCCC1. The van der Waals surface area contributed by atoms with Gasteiger partial charge < -0.3 is 9.88 Å². The molecule has 4 nitrogen and oxygen atoms in total. The molecule has 0 aromatic carbocycles. The molecule has 1 aromatic rings. The molecule has 4 heteroatoms. The van der Waals surface area contributed by atoms with Crippen LogP contribution < -0.4 is 5.32 Å². The van der Waals surface area contributed by atoms with Crippen LogP contribution in [-0.4, -0.2) is 21.3 Å². The second kappa shape index (κ2) is 5.26. The molecule has 0 radical (unpaired) electrons. The Morgan fingerprint density at radius 2 is 2.27 bits per heavy atom. The summed E-state index contributed by atoms with van der Waals surface area (Å²) in [5.41, 5.74) is 0. The van der Waals surface area contributed by atoms with Crippen molar-refractivity contribution in [2.75, 3.05) is 6.54 Å². The molecule has 0 aliphatic heterocycles. The van der Waals surface area contributed by atoms with E-state index in [0.717, 1.165) is 25.3 Å². The van der Waals surface area contributed by atoms with Gasteiger partial charge >= 0.3 is 0 Å². The van der Waals surface area contributed by atoms with Gasteiger partial charge in [-0.2, -0.15) is 0 Å². The van der Waals surface area contributed by atoms with Crippen LogP contribution in [0.15, 0.2) is 6.33 Å². The molecule has 0 unspecified atom stereocenters. The predicted molar refractivity (Wildman–Crippen MR) is 59.5 cm³/mol. The highest BCUT2D eigenvalue weighted by Crippen LogP contribution is 2.29. The quantitative estimate of drug-likeness (QED) is 0.751. The van der Waals surface area contributed by atoms with Gasteiger partial charge in [-0.1, -0.05) is 19.8 Å². The molecule has 0 saturated heterocycles. The molecule has 15 heavy (non-hydrogen) atoms. The lowest BCUT2D eigenvalue weighted by Gasteiger charge is -2.13. The van der Waals surface area contributed by atoms with E-state index in [9.17, 15) is 0 Å². The van der Waals surface area contributed by atoms with Crippen LogP contribution in [0.5, 0.6) is 0 Å². The minimum absolute atomic E-state index is 0.651. The van der Waals surface area contributed by atoms with Crippen LogP contribution >= 0.6 is 0 Å². The summed E-state index contributed by atoms with van der Waals surface area (Å²) in [6.07, 6.45) is 8.34. The normalized spacial score (nSPS) is 17.4. The first kappa shape index (κ1) is 10.6. The first-order valence-electron chi connectivity index (χ1n) is 6.01. The summed E-state index contributed by atoms with van der Waals surface area (Å²) in [5, 5.41) is 11.6. The highest BCUT2D eigenvalue weighted by molar-refractivity contribution is 4.90. The molecule has 1 aliphatic rings. The fourth-order valence-corrected chi connectivity index (χ4v) is 2.26. The maximum Gasteiger partial charge on any atom is 0.147 e. The summed E-state index contributed by atoms with van der Waals surface area (Å²) in [7, 11) is 0. The van der Waals surface area contributed by atoms with Crippen LogP contribution in [0, 0.1) is 0 Å². The van der Waals surface area contributed by atoms with Gasteiger partial charge in [0.2, 0.25) is 0 Å². The van der Waals surface area contributed by atoms with Gasteiger partial charge in [-0.25, -0.2) is 0 Å². The van der Waals surface area contributed by atoms with Gasteiger partial charge in [0.15, 0.2) is 0 Å². The second-order valence-electron chi connectivity index (χ2n) is 4.27. The largest absolute Gasteiger partial charge is 0.313 e. The van der Waals surface area contributed by atoms with Crippen molar-refractivity contribution in [3.8, 4) is 0 Å². The lowest BCUT2D eigenvalue weighted by Crippen LogP contribution is -2.19. The number of rotatable bonds is 5. The fourth-order valence-electron chi connectivity index (χ4n) is 2.26. The van der Waals surface area contributed by atoms with E-state index < -0.39 is 0 Å². The third kappa shape index (κ3) is 2.56. The zero-order valence-corrected chi connectivity index (χ0v) is 9.45. The van der Waals surface area contributed by atoms with Crippen LogP contribution in [0.2, 0.25) is 0 Å². The summed E-state index contributed by atoms with van der Waals surface area (Å²) >= 11 is 0. The van der Waals surface area contributed by atoms with E-state index >= 15 is 0 Å². The average molecular weight is 208 g/mol. The molecule has 1 aliphatic carbocycles. The van der Waals surface area contributed by atoms with Gasteiger partial charge in [-0.3, -0.25) is 0 Å². The molecular weight excluding hydrogens is 188 g/mol. The van der Waals surface area contributed by atoms with E-state index in [-0.39, 0.29) is 0 Å². The lowest BCUT2D eigenvalue weighted by molar-refractivity contribution is 0.484. The van der Waals surface area contributed by atoms with E-state index in [2.05, 4.69) is 27.0 Å². The second-order valence-corrected chi connectivity index (χ2v) is 4.27. The maximum absolute atomic E-state index is 4.18. The molecule has 0 amide bonds. The predicted octanol–water partition coefficient (Wildman–Crippen LogP) is 1.89. The Labute approximate surface area is 91.1 Å². The van der Waals surface area contributed by atoms with Gasteiger partial charge in [0, 0.05) is 6.04 Å². The van der Waals surface area contributed by atoms with Gasteiger partial charge in [0.1, 0.15) is 12.2 Å². The molecule has 1 aromatic heterocycles. The Morgan fingerprint density at radius 1 is 1.47 bits per heavy atom. The van der Waals surface area contributed by atoms with E-state index in [1.54, 1.807) is 0 Å². The van der Waals surface area contributed by atoms with Gasteiger partial charge in [0.05, 0.1) is 6.54 Å². The van der Waals surface area contributed by atoms with Crippen molar-refractivity contribution in [3.63, 3.8) is 0 Å². The van der Waals surface area contributed by atoms with Gasteiger partial charge in [-0.15, -0.1) is 10.2 Å². The Balaban J connectivity index is 1.95. The highest BCUT2D eigenvalue weighted by atomic mass is 15.3. The highest BCUT2D eigenvalue weighted by Gasteiger charge is 2.19. The maximum atomic E-state index is 4.18. The Hall–Kier alpha value is -0.900. The van der Waals surface area contributed by atoms with Crippen molar-refractivity contribution in [1.29, 1.82) is 0 Å². The Kier molecular flexibility index (Phi) is 3.72. The van der Waals surface area contributed by atoms with Crippen LogP contribution in [-0.2, 0) is 6.54 Å². The number of hydrogen-bond acceptors (Lipinski definition) is 3. The van der Waals surface area contributed by atoms with E-state index in [0.29, 0.717) is 6.04 Å². The third-order valence-electron chi connectivity index (χ3n) is 3.08. The van der Waals surface area contributed by atoms with Crippen LogP contribution in [0.3, 0.4) is 0 Å². The molecule has 0 atom stereocenters. The monoisotopic (exact) mass is 208 g/mol. The number of aromatic nitrogens is 3. The first-order chi connectivity index (χ1) is 7.42. The summed E-state index contributed by atoms with van der Waals surface area (Å²) in [6, 6.07) is 0.651. The fraction of sp³-hybridized carbons (Fsp3) is 0.818. The van der Waals surface area contributed by atoms with E-state index in [1.165, 1.54) is 25.7 Å². The van der Waals surface area contributed by atoms with E-state index in [1.807, 2.05) is 6.33 Å². The smallest absolute Gasteiger partial charge is 0.147 e. The lowest BCUT2D eigenvalue weighted by atomic mass is 10.2. The standard InChI is InChI=1S/C11H20N4/c1-2-7-12-8-11-14-13-9-15(11)10-5-3-4-6-10/h9-10,12H,2-8H2,1H3. The Morgan fingerprint density at radius 3 is 3.00 bits per heavy atom. The van der Waals surface area contributed by atoms with Crippen molar-refractivity contribution in [2.24, 2.45) is 0 Å². The van der Waals surface area contributed by atoms with Crippen LogP contribution in [0.1, 0.15) is 50.9 Å². The van der Waals surface area contributed by atoms with Gasteiger partial charge in [0.25, 0.3) is 0 Å². The third-order valence-corrected chi connectivity index (χ3v) is 3.08. The van der Waals surface area contributed by atoms with Crippen molar-refractivity contribution in [2.45, 2.75) is 51.6 Å². The van der Waals surface area contributed by atoms with E-state index in [4.69, 9.17) is 0 Å². The zero-order valence-electron chi connectivity index (χ0n) is 9.45. The summed E-state index contributed by atoms with van der Waals surface area (Å²) in [4.78, 5) is 0. The summed E-state index contributed by atoms with van der Waals surface area (Å²) < 4.78 is 2.26. The topological polar surface area (TPSA) is 42.7 Å².